The zero-order valence-corrected chi connectivity index (χ0v) is 11.4. The van der Waals surface area contributed by atoms with Gasteiger partial charge in [-0.2, -0.15) is 0 Å². The third kappa shape index (κ3) is 2.16. The molecule has 0 atom stereocenters. The molecule has 0 saturated carbocycles. The molecule has 0 radical (unpaired) electrons. The van der Waals surface area contributed by atoms with E-state index in [0.29, 0.717) is 23.2 Å². The van der Waals surface area contributed by atoms with Gasteiger partial charge in [-0.3, -0.25) is 0 Å². The van der Waals surface area contributed by atoms with Crippen molar-refractivity contribution in [2.24, 2.45) is 7.05 Å². The van der Waals surface area contributed by atoms with Crippen LogP contribution in [0, 0.1) is 0 Å². The maximum absolute atomic E-state index is 5.75. The SMILES string of the molecule is COc1cc(OC)c(-c2cnc(N)n2C)cc1OC. The number of ether oxygens (including phenoxy) is 3. The number of nitrogens with two attached hydrogens (primary N) is 1. The minimum absolute atomic E-state index is 0.437. The number of imidazole rings is 1. The Morgan fingerprint density at radius 1 is 1.00 bits per heavy atom. The van der Waals surface area contributed by atoms with Gasteiger partial charge in [0.2, 0.25) is 0 Å². The molecule has 0 aliphatic rings. The first-order valence-corrected chi connectivity index (χ1v) is 5.70. The van der Waals surface area contributed by atoms with Crippen LogP contribution < -0.4 is 19.9 Å². The van der Waals surface area contributed by atoms with Crippen molar-refractivity contribution < 1.29 is 14.2 Å². The molecule has 0 amide bonds. The number of anilines is 1. The highest BCUT2D eigenvalue weighted by atomic mass is 16.5. The molecule has 0 saturated heterocycles. The highest BCUT2D eigenvalue weighted by molar-refractivity contribution is 5.72. The van der Waals surface area contributed by atoms with E-state index in [2.05, 4.69) is 4.98 Å². The summed E-state index contributed by atoms with van der Waals surface area (Å²) in [6, 6.07) is 3.62. The number of nitrogen functional groups attached to an aromatic ring is 1. The largest absolute Gasteiger partial charge is 0.496 e. The number of aromatic nitrogens is 2. The molecule has 0 fully saturated rings. The lowest BCUT2D eigenvalue weighted by atomic mass is 10.1. The molecule has 19 heavy (non-hydrogen) atoms. The molecule has 0 aliphatic carbocycles. The highest BCUT2D eigenvalue weighted by Crippen LogP contribution is 2.40. The predicted octanol–water partition coefficient (Wildman–Crippen LogP) is 1.70. The summed E-state index contributed by atoms with van der Waals surface area (Å²) in [5.41, 5.74) is 7.43. The van der Waals surface area contributed by atoms with E-state index >= 15 is 0 Å². The van der Waals surface area contributed by atoms with Gasteiger partial charge in [0.05, 0.1) is 33.2 Å². The monoisotopic (exact) mass is 263 g/mol. The predicted molar refractivity (Wildman–Crippen MR) is 72.7 cm³/mol. The van der Waals surface area contributed by atoms with E-state index in [1.54, 1.807) is 38.2 Å². The first-order chi connectivity index (χ1) is 9.12. The third-order valence-electron chi connectivity index (χ3n) is 3.01. The molecule has 2 N–H and O–H groups in total. The van der Waals surface area contributed by atoms with Crippen LogP contribution >= 0.6 is 0 Å². The summed E-state index contributed by atoms with van der Waals surface area (Å²) < 4.78 is 17.7. The molecule has 1 aromatic carbocycles. The van der Waals surface area contributed by atoms with Crippen LogP contribution in [-0.4, -0.2) is 30.9 Å². The Bertz CT molecular complexity index is 593. The summed E-state index contributed by atoms with van der Waals surface area (Å²) in [7, 11) is 6.61. The average molecular weight is 263 g/mol. The second-order valence-corrected chi connectivity index (χ2v) is 3.97. The van der Waals surface area contributed by atoms with Gasteiger partial charge in [0.25, 0.3) is 0 Å². The summed E-state index contributed by atoms with van der Waals surface area (Å²) in [5, 5.41) is 0. The minimum Gasteiger partial charge on any atom is -0.496 e. The fourth-order valence-corrected chi connectivity index (χ4v) is 1.90. The molecule has 102 valence electrons. The quantitative estimate of drug-likeness (QED) is 0.909. The summed E-state index contributed by atoms with van der Waals surface area (Å²) in [6.07, 6.45) is 1.69. The van der Waals surface area contributed by atoms with Gasteiger partial charge in [-0.05, 0) is 6.07 Å². The molecule has 0 unspecified atom stereocenters. The molecule has 1 heterocycles. The topological polar surface area (TPSA) is 71.5 Å². The van der Waals surface area contributed by atoms with Crippen LogP contribution in [0.2, 0.25) is 0 Å². The molecule has 0 spiro atoms. The number of hydrogen-bond acceptors (Lipinski definition) is 5. The van der Waals surface area contributed by atoms with Gasteiger partial charge in [0, 0.05) is 18.7 Å². The van der Waals surface area contributed by atoms with Gasteiger partial charge < -0.3 is 24.5 Å². The molecule has 6 nitrogen and oxygen atoms in total. The molecular formula is C13H17N3O3. The fraction of sp³-hybridized carbons (Fsp3) is 0.308. The van der Waals surface area contributed by atoms with Crippen molar-refractivity contribution in [3.05, 3.63) is 18.3 Å². The maximum Gasteiger partial charge on any atom is 0.200 e. The molecular weight excluding hydrogens is 246 g/mol. The smallest absolute Gasteiger partial charge is 0.200 e. The second kappa shape index (κ2) is 5.09. The Hall–Kier alpha value is -2.37. The Morgan fingerprint density at radius 3 is 2.05 bits per heavy atom. The van der Waals surface area contributed by atoms with Gasteiger partial charge in [-0.1, -0.05) is 0 Å². The van der Waals surface area contributed by atoms with Crippen LogP contribution in [0.15, 0.2) is 18.3 Å². The van der Waals surface area contributed by atoms with Crippen molar-refractivity contribution in [2.45, 2.75) is 0 Å². The standard InChI is InChI=1S/C13H17N3O3/c1-16-9(7-15-13(16)14)8-5-11(18-3)12(19-4)6-10(8)17-2/h5-7H,1-4H3,(H2,14,15). The molecule has 2 rings (SSSR count). The van der Waals surface area contributed by atoms with Crippen molar-refractivity contribution in [3.63, 3.8) is 0 Å². The van der Waals surface area contributed by atoms with E-state index in [1.807, 2.05) is 13.1 Å². The van der Waals surface area contributed by atoms with Gasteiger partial charge in [-0.15, -0.1) is 0 Å². The van der Waals surface area contributed by atoms with E-state index < -0.39 is 0 Å². The lowest BCUT2D eigenvalue weighted by Gasteiger charge is -2.14. The Morgan fingerprint density at radius 2 is 1.58 bits per heavy atom. The zero-order valence-electron chi connectivity index (χ0n) is 11.4. The van der Waals surface area contributed by atoms with Crippen molar-refractivity contribution in [3.8, 4) is 28.5 Å². The van der Waals surface area contributed by atoms with Crippen LogP contribution in [0.3, 0.4) is 0 Å². The number of benzene rings is 1. The summed E-state index contributed by atoms with van der Waals surface area (Å²) >= 11 is 0. The lowest BCUT2D eigenvalue weighted by molar-refractivity contribution is 0.349. The van der Waals surface area contributed by atoms with E-state index in [-0.39, 0.29) is 0 Å². The van der Waals surface area contributed by atoms with Crippen molar-refractivity contribution in [2.75, 3.05) is 27.1 Å². The van der Waals surface area contributed by atoms with Gasteiger partial charge in [-0.25, -0.2) is 4.98 Å². The van der Waals surface area contributed by atoms with Crippen molar-refractivity contribution >= 4 is 5.95 Å². The molecule has 6 heteroatoms. The first-order valence-electron chi connectivity index (χ1n) is 5.70. The normalized spacial score (nSPS) is 10.3. The number of nitrogens with zero attached hydrogens (tertiary/aromatic N) is 2. The number of hydrogen-bond donors (Lipinski definition) is 1. The number of methoxy groups -OCH3 is 3. The van der Waals surface area contributed by atoms with Crippen LogP contribution in [0.1, 0.15) is 0 Å². The van der Waals surface area contributed by atoms with E-state index in [1.165, 1.54) is 0 Å². The van der Waals surface area contributed by atoms with E-state index in [0.717, 1.165) is 11.3 Å². The van der Waals surface area contributed by atoms with Gasteiger partial charge >= 0.3 is 0 Å². The zero-order chi connectivity index (χ0) is 14.0. The Labute approximate surface area is 111 Å². The Kier molecular flexibility index (Phi) is 3.50. The molecule has 1 aromatic heterocycles. The van der Waals surface area contributed by atoms with Gasteiger partial charge in [0.15, 0.2) is 17.4 Å². The lowest BCUT2D eigenvalue weighted by Crippen LogP contribution is -2.00. The molecule has 2 aromatic rings. The number of rotatable bonds is 4. The van der Waals surface area contributed by atoms with Gasteiger partial charge in [0.1, 0.15) is 5.75 Å². The fourth-order valence-electron chi connectivity index (χ4n) is 1.90. The van der Waals surface area contributed by atoms with Crippen LogP contribution in [-0.2, 0) is 7.05 Å². The van der Waals surface area contributed by atoms with Crippen LogP contribution in [0.4, 0.5) is 5.95 Å². The van der Waals surface area contributed by atoms with Crippen molar-refractivity contribution in [1.29, 1.82) is 0 Å². The summed E-state index contributed by atoms with van der Waals surface area (Å²) in [4.78, 5) is 4.08. The second-order valence-electron chi connectivity index (χ2n) is 3.97. The summed E-state index contributed by atoms with van der Waals surface area (Å²) in [5.74, 6) is 2.34. The molecule has 0 aliphatic heterocycles. The first kappa shape index (κ1) is 13.1. The van der Waals surface area contributed by atoms with Crippen LogP contribution in [0.25, 0.3) is 11.3 Å². The average Bonchev–Trinajstić information content (AvgIpc) is 2.77. The van der Waals surface area contributed by atoms with Crippen LogP contribution in [0.5, 0.6) is 17.2 Å². The molecule has 0 bridgehead atoms. The van der Waals surface area contributed by atoms with E-state index in [9.17, 15) is 0 Å². The highest BCUT2D eigenvalue weighted by Gasteiger charge is 2.16. The summed E-state index contributed by atoms with van der Waals surface area (Å²) in [6.45, 7) is 0. The van der Waals surface area contributed by atoms with Crippen molar-refractivity contribution in [1.82, 2.24) is 9.55 Å². The minimum atomic E-state index is 0.437. The third-order valence-corrected chi connectivity index (χ3v) is 3.01. The Balaban J connectivity index is 2.65. The maximum atomic E-state index is 5.75. The van der Waals surface area contributed by atoms with E-state index in [4.69, 9.17) is 19.9 Å².